The molecule has 2 rings (SSSR count). The standard InChI is InChI=1S/C16H20O2/c1-11(17)16(18)10-9-13(15(2,3)4)12-7-5-6-8-14(12)16/h5-9,18H,10H2,1-4H3. The Kier molecular flexibility index (Phi) is 2.94. The third kappa shape index (κ3) is 1.91. The molecule has 1 N–H and O–H groups in total. The Balaban J connectivity index is 2.65. The molecule has 1 atom stereocenters. The van der Waals surface area contributed by atoms with Gasteiger partial charge in [-0.05, 0) is 29.0 Å². The maximum absolute atomic E-state index is 11.8. The second kappa shape index (κ2) is 4.06. The highest BCUT2D eigenvalue weighted by Crippen LogP contribution is 2.44. The van der Waals surface area contributed by atoms with Gasteiger partial charge in [-0.3, -0.25) is 4.79 Å². The lowest BCUT2D eigenvalue weighted by atomic mass is 9.71. The first-order chi connectivity index (χ1) is 8.27. The van der Waals surface area contributed by atoms with Crippen LogP contribution in [0.2, 0.25) is 0 Å². The summed E-state index contributed by atoms with van der Waals surface area (Å²) in [7, 11) is 0. The quantitative estimate of drug-likeness (QED) is 0.823. The van der Waals surface area contributed by atoms with Gasteiger partial charge in [0.05, 0.1) is 0 Å². The molecule has 0 radical (unpaired) electrons. The Bertz CT molecular complexity index is 520. The molecule has 0 amide bonds. The summed E-state index contributed by atoms with van der Waals surface area (Å²) in [5, 5.41) is 10.6. The molecular formula is C16H20O2. The highest BCUT2D eigenvalue weighted by Gasteiger charge is 2.40. The number of Topliss-reactive ketones (excluding diaryl/α,β-unsaturated/α-hetero) is 1. The number of hydrogen-bond acceptors (Lipinski definition) is 2. The van der Waals surface area contributed by atoms with Gasteiger partial charge in [0.1, 0.15) is 0 Å². The van der Waals surface area contributed by atoms with Crippen LogP contribution in [0.1, 0.15) is 45.2 Å². The Morgan fingerprint density at radius 3 is 2.44 bits per heavy atom. The van der Waals surface area contributed by atoms with E-state index in [1.807, 2.05) is 30.3 Å². The number of carbonyl (C=O) groups is 1. The summed E-state index contributed by atoms with van der Waals surface area (Å²) >= 11 is 0. The summed E-state index contributed by atoms with van der Waals surface area (Å²) in [6.45, 7) is 7.89. The van der Waals surface area contributed by atoms with Crippen molar-refractivity contribution in [2.45, 2.75) is 39.7 Å². The fraction of sp³-hybridized carbons (Fsp3) is 0.438. The molecule has 18 heavy (non-hydrogen) atoms. The maximum atomic E-state index is 11.8. The highest BCUT2D eigenvalue weighted by atomic mass is 16.3. The van der Waals surface area contributed by atoms with E-state index in [9.17, 15) is 9.90 Å². The lowest BCUT2D eigenvalue weighted by molar-refractivity contribution is -0.135. The number of allylic oxidation sites excluding steroid dienone is 1. The molecule has 2 heteroatoms. The topological polar surface area (TPSA) is 37.3 Å². The van der Waals surface area contributed by atoms with Crippen molar-refractivity contribution in [3.05, 3.63) is 41.5 Å². The van der Waals surface area contributed by atoms with Gasteiger partial charge in [-0.25, -0.2) is 0 Å². The van der Waals surface area contributed by atoms with Crippen LogP contribution >= 0.6 is 0 Å². The van der Waals surface area contributed by atoms with Crippen LogP contribution in [0.25, 0.3) is 5.57 Å². The van der Waals surface area contributed by atoms with E-state index in [0.29, 0.717) is 6.42 Å². The van der Waals surface area contributed by atoms with Gasteiger partial charge < -0.3 is 5.11 Å². The molecule has 1 unspecified atom stereocenters. The minimum absolute atomic E-state index is 0.00816. The molecule has 1 aromatic carbocycles. The molecular weight excluding hydrogens is 224 g/mol. The summed E-state index contributed by atoms with van der Waals surface area (Å²) in [5.41, 5.74) is 1.59. The molecule has 0 aromatic heterocycles. The van der Waals surface area contributed by atoms with Gasteiger partial charge in [-0.15, -0.1) is 0 Å². The number of rotatable bonds is 1. The Morgan fingerprint density at radius 1 is 1.28 bits per heavy atom. The number of benzene rings is 1. The van der Waals surface area contributed by atoms with Crippen molar-refractivity contribution in [1.29, 1.82) is 0 Å². The summed E-state index contributed by atoms with van der Waals surface area (Å²) < 4.78 is 0. The van der Waals surface area contributed by atoms with Crippen molar-refractivity contribution >= 4 is 11.4 Å². The van der Waals surface area contributed by atoms with Crippen LogP contribution in [0.3, 0.4) is 0 Å². The molecule has 1 aliphatic carbocycles. The van der Waals surface area contributed by atoms with Gasteiger partial charge in [0.2, 0.25) is 0 Å². The normalized spacial score (nSPS) is 23.3. The molecule has 1 aliphatic rings. The highest BCUT2D eigenvalue weighted by molar-refractivity contribution is 5.90. The Hall–Kier alpha value is -1.41. The lowest BCUT2D eigenvalue weighted by Crippen LogP contribution is -2.37. The molecule has 0 spiro atoms. The molecule has 0 bridgehead atoms. The van der Waals surface area contributed by atoms with Crippen molar-refractivity contribution in [1.82, 2.24) is 0 Å². The fourth-order valence-electron chi connectivity index (χ4n) is 2.59. The van der Waals surface area contributed by atoms with E-state index in [2.05, 4.69) is 20.8 Å². The predicted molar refractivity (Wildman–Crippen MR) is 73.1 cm³/mol. The number of fused-ring (bicyclic) bond motifs is 1. The van der Waals surface area contributed by atoms with Gasteiger partial charge in [-0.2, -0.15) is 0 Å². The summed E-state index contributed by atoms with van der Waals surface area (Å²) in [5.74, 6) is -0.195. The third-order valence-corrected chi connectivity index (χ3v) is 3.65. The van der Waals surface area contributed by atoms with E-state index >= 15 is 0 Å². The molecule has 0 saturated heterocycles. The van der Waals surface area contributed by atoms with Gasteiger partial charge in [0, 0.05) is 6.42 Å². The van der Waals surface area contributed by atoms with Crippen molar-refractivity contribution in [3.63, 3.8) is 0 Å². The van der Waals surface area contributed by atoms with Gasteiger partial charge >= 0.3 is 0 Å². The van der Waals surface area contributed by atoms with Crippen LogP contribution < -0.4 is 0 Å². The van der Waals surface area contributed by atoms with Crippen molar-refractivity contribution < 1.29 is 9.90 Å². The smallest absolute Gasteiger partial charge is 0.166 e. The second-order valence-electron chi connectivity index (χ2n) is 6.03. The first kappa shape index (κ1) is 13.0. The van der Waals surface area contributed by atoms with Crippen molar-refractivity contribution in [2.75, 3.05) is 0 Å². The van der Waals surface area contributed by atoms with Gasteiger partial charge in [0.15, 0.2) is 11.4 Å². The predicted octanol–water partition coefficient (Wildman–Crippen LogP) is 3.30. The van der Waals surface area contributed by atoms with Gasteiger partial charge in [-0.1, -0.05) is 51.1 Å². The van der Waals surface area contributed by atoms with Crippen LogP contribution in [-0.4, -0.2) is 10.9 Å². The first-order valence-electron chi connectivity index (χ1n) is 6.31. The summed E-state index contributed by atoms with van der Waals surface area (Å²) in [6.07, 6.45) is 2.37. The number of carbonyl (C=O) groups excluding carboxylic acids is 1. The van der Waals surface area contributed by atoms with Crippen LogP contribution in [0.15, 0.2) is 30.3 Å². The maximum Gasteiger partial charge on any atom is 0.166 e. The Morgan fingerprint density at radius 2 is 1.89 bits per heavy atom. The van der Waals surface area contributed by atoms with E-state index in [4.69, 9.17) is 0 Å². The summed E-state index contributed by atoms with van der Waals surface area (Å²) in [4.78, 5) is 11.8. The van der Waals surface area contributed by atoms with E-state index in [-0.39, 0.29) is 11.2 Å². The SMILES string of the molecule is CC(=O)C1(O)CC=C(C(C)(C)C)c2ccccc21. The van der Waals surface area contributed by atoms with Crippen molar-refractivity contribution in [3.8, 4) is 0 Å². The van der Waals surface area contributed by atoms with Crippen molar-refractivity contribution in [2.24, 2.45) is 5.41 Å². The Labute approximate surface area is 108 Å². The first-order valence-corrected chi connectivity index (χ1v) is 6.31. The molecule has 0 aliphatic heterocycles. The average molecular weight is 244 g/mol. The minimum atomic E-state index is -1.36. The molecule has 0 fully saturated rings. The van der Waals surface area contributed by atoms with Crippen LogP contribution in [0, 0.1) is 5.41 Å². The third-order valence-electron chi connectivity index (χ3n) is 3.65. The average Bonchev–Trinajstić information content (AvgIpc) is 2.28. The zero-order chi connectivity index (χ0) is 13.6. The van der Waals surface area contributed by atoms with E-state index in [0.717, 1.165) is 11.1 Å². The molecule has 0 saturated carbocycles. The zero-order valence-electron chi connectivity index (χ0n) is 11.4. The van der Waals surface area contributed by atoms with Crippen LogP contribution in [0.5, 0.6) is 0 Å². The lowest BCUT2D eigenvalue weighted by Gasteiger charge is -2.36. The number of ketones is 1. The minimum Gasteiger partial charge on any atom is -0.377 e. The fourth-order valence-corrected chi connectivity index (χ4v) is 2.59. The monoisotopic (exact) mass is 244 g/mol. The molecule has 0 heterocycles. The second-order valence-corrected chi connectivity index (χ2v) is 6.03. The van der Waals surface area contributed by atoms with E-state index < -0.39 is 5.60 Å². The zero-order valence-corrected chi connectivity index (χ0v) is 11.4. The number of hydrogen-bond donors (Lipinski definition) is 1. The van der Waals surface area contributed by atoms with E-state index in [1.165, 1.54) is 12.5 Å². The van der Waals surface area contributed by atoms with E-state index in [1.54, 1.807) is 0 Å². The largest absolute Gasteiger partial charge is 0.377 e. The molecule has 2 nitrogen and oxygen atoms in total. The van der Waals surface area contributed by atoms with Gasteiger partial charge in [0.25, 0.3) is 0 Å². The van der Waals surface area contributed by atoms with Crippen LogP contribution in [0.4, 0.5) is 0 Å². The van der Waals surface area contributed by atoms with Crippen LogP contribution in [-0.2, 0) is 10.4 Å². The number of aliphatic hydroxyl groups is 1. The molecule has 1 aromatic rings. The molecule has 96 valence electrons. The summed E-state index contributed by atoms with van der Waals surface area (Å²) in [6, 6.07) is 7.66.